The SMILES string of the molecule is COc1ccccc1C(OCCCCCCNC(=O)OCCN1C(=O)c2ccc(C(=O)O)cc2C1=O)(c1ccccc1)c1ccccc1. The third-order valence-electron chi connectivity index (χ3n) is 8.27. The van der Waals surface area contributed by atoms with E-state index >= 15 is 0 Å². The molecule has 4 aromatic rings. The smallest absolute Gasteiger partial charge is 0.407 e. The third-order valence-corrected chi connectivity index (χ3v) is 8.27. The average molecular weight is 651 g/mol. The maximum Gasteiger partial charge on any atom is 0.407 e. The second-order valence-electron chi connectivity index (χ2n) is 11.3. The standard InChI is InChI=1S/C38H38N2O8/c1-46-33-19-11-10-18-32(33)38(28-14-6-4-7-15-28,29-16-8-5-9-17-29)48-24-13-3-2-12-22-39-37(45)47-25-23-40-34(41)30-21-20-27(36(43)44)26-31(30)35(40)42/h4-11,14-21,26H,2-3,12-13,22-25H2,1H3,(H,39,45)(H,43,44). The maximum absolute atomic E-state index is 12.6. The quantitative estimate of drug-likeness (QED) is 0.0823. The van der Waals surface area contributed by atoms with Gasteiger partial charge in [-0.05, 0) is 48.2 Å². The van der Waals surface area contributed by atoms with Crippen LogP contribution in [0.1, 0.15) is 73.4 Å². The Morgan fingerprint density at radius 3 is 2.04 bits per heavy atom. The van der Waals surface area contributed by atoms with Crippen molar-refractivity contribution in [3.05, 3.63) is 137 Å². The van der Waals surface area contributed by atoms with Gasteiger partial charge in [0.2, 0.25) is 0 Å². The Morgan fingerprint density at radius 1 is 0.750 bits per heavy atom. The lowest BCUT2D eigenvalue weighted by molar-refractivity contribution is 0.00908. The summed E-state index contributed by atoms with van der Waals surface area (Å²) in [5.74, 6) is -1.62. The van der Waals surface area contributed by atoms with Crippen LogP contribution in [0.25, 0.3) is 0 Å². The molecule has 0 spiro atoms. The summed E-state index contributed by atoms with van der Waals surface area (Å²) in [6, 6.07) is 32.0. The van der Waals surface area contributed by atoms with Gasteiger partial charge in [0.05, 0.1) is 30.3 Å². The van der Waals surface area contributed by atoms with Crippen LogP contribution in [0.3, 0.4) is 0 Å². The number of ether oxygens (including phenoxy) is 3. The molecule has 10 nitrogen and oxygen atoms in total. The number of fused-ring (bicyclic) bond motifs is 1. The number of unbranched alkanes of at least 4 members (excludes halogenated alkanes) is 3. The number of para-hydroxylation sites is 1. The number of hydrogen-bond donors (Lipinski definition) is 2. The van der Waals surface area contributed by atoms with Crippen molar-refractivity contribution in [1.82, 2.24) is 10.2 Å². The van der Waals surface area contributed by atoms with Gasteiger partial charge in [-0.25, -0.2) is 9.59 Å². The number of carbonyl (C=O) groups excluding carboxylic acids is 3. The van der Waals surface area contributed by atoms with Gasteiger partial charge in [-0.2, -0.15) is 0 Å². The highest BCUT2D eigenvalue weighted by atomic mass is 16.5. The first kappa shape index (κ1) is 33.9. The number of hydrogen-bond acceptors (Lipinski definition) is 7. The van der Waals surface area contributed by atoms with E-state index in [9.17, 15) is 19.2 Å². The lowest BCUT2D eigenvalue weighted by Gasteiger charge is -2.36. The maximum atomic E-state index is 12.6. The fourth-order valence-corrected chi connectivity index (χ4v) is 5.91. The molecule has 0 fully saturated rings. The van der Waals surface area contributed by atoms with E-state index in [4.69, 9.17) is 19.3 Å². The molecule has 48 heavy (non-hydrogen) atoms. The largest absolute Gasteiger partial charge is 0.496 e. The average Bonchev–Trinajstić information content (AvgIpc) is 3.36. The molecular formula is C38H38N2O8. The second kappa shape index (κ2) is 15.9. The zero-order valence-electron chi connectivity index (χ0n) is 26.7. The van der Waals surface area contributed by atoms with Crippen molar-refractivity contribution in [1.29, 1.82) is 0 Å². The molecule has 5 rings (SSSR count). The summed E-state index contributed by atoms with van der Waals surface area (Å²) < 4.78 is 17.8. The Balaban J connectivity index is 1.08. The van der Waals surface area contributed by atoms with Gasteiger partial charge in [-0.15, -0.1) is 0 Å². The van der Waals surface area contributed by atoms with Gasteiger partial charge >= 0.3 is 12.1 Å². The Labute approximate surface area is 279 Å². The van der Waals surface area contributed by atoms with E-state index in [1.807, 2.05) is 60.7 Å². The van der Waals surface area contributed by atoms with Crippen LogP contribution in [0.4, 0.5) is 4.79 Å². The molecule has 1 aliphatic heterocycles. The van der Waals surface area contributed by atoms with Crippen LogP contribution in [-0.4, -0.2) is 67.3 Å². The molecule has 0 unspecified atom stereocenters. The predicted octanol–water partition coefficient (Wildman–Crippen LogP) is 6.28. The summed E-state index contributed by atoms with van der Waals surface area (Å²) in [7, 11) is 1.66. The van der Waals surface area contributed by atoms with Crippen LogP contribution in [0.2, 0.25) is 0 Å². The summed E-state index contributed by atoms with van der Waals surface area (Å²) in [4.78, 5) is 49.5. The number of methoxy groups -OCH3 is 1. The van der Waals surface area contributed by atoms with Gasteiger partial charge in [0.25, 0.3) is 11.8 Å². The predicted molar refractivity (Wildman–Crippen MR) is 178 cm³/mol. The minimum atomic E-state index is -1.19. The number of amides is 3. The van der Waals surface area contributed by atoms with Crippen LogP contribution in [-0.2, 0) is 15.1 Å². The van der Waals surface area contributed by atoms with E-state index in [1.165, 1.54) is 18.2 Å². The van der Waals surface area contributed by atoms with E-state index < -0.39 is 29.5 Å². The second-order valence-corrected chi connectivity index (χ2v) is 11.3. The Bertz CT molecular complexity index is 1700. The fourth-order valence-electron chi connectivity index (χ4n) is 5.91. The summed E-state index contributed by atoms with van der Waals surface area (Å²) in [5, 5.41) is 11.9. The molecule has 248 valence electrons. The highest BCUT2D eigenvalue weighted by Crippen LogP contribution is 2.44. The van der Waals surface area contributed by atoms with Crippen LogP contribution in [0.15, 0.2) is 103 Å². The van der Waals surface area contributed by atoms with Crippen LogP contribution in [0.5, 0.6) is 5.75 Å². The van der Waals surface area contributed by atoms with Crippen molar-refractivity contribution >= 4 is 23.9 Å². The minimum Gasteiger partial charge on any atom is -0.496 e. The number of carbonyl (C=O) groups is 4. The topological polar surface area (TPSA) is 131 Å². The van der Waals surface area contributed by atoms with Gasteiger partial charge < -0.3 is 24.6 Å². The van der Waals surface area contributed by atoms with E-state index in [2.05, 4.69) is 29.6 Å². The van der Waals surface area contributed by atoms with E-state index in [0.717, 1.165) is 53.0 Å². The number of carboxylic acid groups (broad SMARTS) is 1. The van der Waals surface area contributed by atoms with Crippen molar-refractivity contribution in [3.8, 4) is 5.75 Å². The number of alkyl carbamates (subject to hydrolysis) is 1. The molecule has 0 atom stereocenters. The van der Waals surface area contributed by atoms with Gasteiger partial charge in [0.1, 0.15) is 18.0 Å². The number of nitrogens with zero attached hydrogens (tertiary/aromatic N) is 1. The molecule has 1 aliphatic rings. The number of carboxylic acids is 1. The number of imide groups is 1. The zero-order chi connectivity index (χ0) is 33.9. The Kier molecular flexibility index (Phi) is 11.2. The van der Waals surface area contributed by atoms with Crippen molar-refractivity contribution in [2.24, 2.45) is 0 Å². The number of benzene rings is 4. The Morgan fingerprint density at radius 2 is 1.38 bits per heavy atom. The first-order chi connectivity index (χ1) is 23.4. The molecule has 0 aromatic heterocycles. The monoisotopic (exact) mass is 650 g/mol. The van der Waals surface area contributed by atoms with E-state index in [-0.39, 0.29) is 29.8 Å². The lowest BCUT2D eigenvalue weighted by atomic mass is 9.79. The van der Waals surface area contributed by atoms with Crippen molar-refractivity contribution in [2.75, 3.05) is 33.4 Å². The van der Waals surface area contributed by atoms with Gasteiger partial charge in [0, 0.05) is 18.7 Å². The molecule has 3 amide bonds. The van der Waals surface area contributed by atoms with Gasteiger partial charge in [0.15, 0.2) is 0 Å². The zero-order valence-corrected chi connectivity index (χ0v) is 26.7. The van der Waals surface area contributed by atoms with Crippen LogP contribution < -0.4 is 10.1 Å². The summed E-state index contributed by atoms with van der Waals surface area (Å²) in [6.45, 7) is 0.582. The van der Waals surface area contributed by atoms with Gasteiger partial charge in [-0.3, -0.25) is 14.5 Å². The highest BCUT2D eigenvalue weighted by Gasteiger charge is 2.40. The minimum absolute atomic E-state index is 0.0281. The van der Waals surface area contributed by atoms with Crippen molar-refractivity contribution in [2.45, 2.75) is 31.3 Å². The van der Waals surface area contributed by atoms with Crippen LogP contribution >= 0.6 is 0 Å². The lowest BCUT2D eigenvalue weighted by Crippen LogP contribution is -2.35. The van der Waals surface area contributed by atoms with E-state index in [0.29, 0.717) is 13.2 Å². The summed E-state index contributed by atoms with van der Waals surface area (Å²) >= 11 is 0. The first-order valence-corrected chi connectivity index (χ1v) is 15.9. The molecule has 0 saturated heterocycles. The molecule has 0 bridgehead atoms. The molecular weight excluding hydrogens is 612 g/mol. The molecule has 1 heterocycles. The molecule has 0 saturated carbocycles. The van der Waals surface area contributed by atoms with Gasteiger partial charge in [-0.1, -0.05) is 91.7 Å². The third kappa shape index (κ3) is 7.39. The molecule has 0 aliphatic carbocycles. The molecule has 0 radical (unpaired) electrons. The fraction of sp³-hybridized carbons (Fsp3) is 0.263. The summed E-state index contributed by atoms with van der Waals surface area (Å²) in [6.07, 6.45) is 2.63. The summed E-state index contributed by atoms with van der Waals surface area (Å²) in [5.41, 5.74) is 2.11. The molecule has 10 heteroatoms. The normalized spacial score (nSPS) is 12.5. The molecule has 4 aromatic carbocycles. The highest BCUT2D eigenvalue weighted by molar-refractivity contribution is 6.21. The Hall–Kier alpha value is -5.48. The number of rotatable bonds is 16. The van der Waals surface area contributed by atoms with Crippen molar-refractivity contribution < 1.29 is 38.5 Å². The number of nitrogens with one attached hydrogen (secondary N) is 1. The molecule has 2 N–H and O–H groups in total. The van der Waals surface area contributed by atoms with Crippen LogP contribution in [0, 0.1) is 0 Å². The van der Waals surface area contributed by atoms with E-state index in [1.54, 1.807) is 7.11 Å². The number of aromatic carboxylic acids is 1. The first-order valence-electron chi connectivity index (χ1n) is 15.9. The van der Waals surface area contributed by atoms with Crippen molar-refractivity contribution in [3.63, 3.8) is 0 Å².